The third-order valence-electron chi connectivity index (χ3n) is 6.92. The average Bonchev–Trinajstić information content (AvgIpc) is 3.36. The van der Waals surface area contributed by atoms with Gasteiger partial charge in [-0.15, -0.1) is 0 Å². The van der Waals surface area contributed by atoms with Crippen molar-refractivity contribution in [2.75, 3.05) is 12.0 Å². The third kappa shape index (κ3) is 3.01. The van der Waals surface area contributed by atoms with Crippen molar-refractivity contribution in [3.63, 3.8) is 0 Å². The zero-order chi connectivity index (χ0) is 24.6. The Morgan fingerprint density at radius 2 is 1.83 bits per heavy atom. The smallest absolute Gasteiger partial charge is 0.280 e. The van der Waals surface area contributed by atoms with E-state index in [4.69, 9.17) is 33.0 Å². The highest BCUT2D eigenvalue weighted by Crippen LogP contribution is 2.56. The molecule has 0 unspecified atom stereocenters. The van der Waals surface area contributed by atoms with Gasteiger partial charge in [-0.3, -0.25) is 9.69 Å². The lowest BCUT2D eigenvalue weighted by Gasteiger charge is -2.36. The van der Waals surface area contributed by atoms with Gasteiger partial charge in [0.05, 0.1) is 29.6 Å². The molecule has 35 heavy (non-hydrogen) atoms. The normalized spacial score (nSPS) is 15.7. The van der Waals surface area contributed by atoms with Gasteiger partial charge in [-0.25, -0.2) is 4.68 Å². The first kappa shape index (κ1) is 22.2. The topological polar surface area (TPSA) is 47.4 Å². The summed E-state index contributed by atoms with van der Waals surface area (Å²) in [6, 6.07) is 17.1. The van der Waals surface area contributed by atoms with Gasteiger partial charge in [-0.2, -0.15) is 5.10 Å². The molecule has 3 heterocycles. The number of hydrogen-bond acceptors (Lipinski definition) is 3. The number of benzene rings is 3. The van der Waals surface area contributed by atoms with Crippen LogP contribution in [0.3, 0.4) is 0 Å². The lowest BCUT2D eigenvalue weighted by atomic mass is 9.84. The fraction of sp³-hybridized carbons (Fsp3) is 0.214. The number of aromatic nitrogens is 2. The summed E-state index contributed by atoms with van der Waals surface area (Å²) in [5.41, 5.74) is 7.73. The van der Waals surface area contributed by atoms with Crippen LogP contribution in [0.25, 0.3) is 16.8 Å². The second-order valence-corrected chi connectivity index (χ2v) is 10.1. The van der Waals surface area contributed by atoms with Crippen LogP contribution in [0.15, 0.2) is 54.6 Å². The van der Waals surface area contributed by atoms with E-state index in [0.29, 0.717) is 21.5 Å². The molecule has 2 aliphatic rings. The molecule has 0 bridgehead atoms. The molecule has 0 saturated carbocycles. The van der Waals surface area contributed by atoms with Crippen LogP contribution in [0.5, 0.6) is 5.75 Å². The summed E-state index contributed by atoms with van der Waals surface area (Å²) < 4.78 is 7.50. The third-order valence-corrected chi connectivity index (χ3v) is 7.47. The Balaban J connectivity index is 1.69. The fourth-order valence-electron chi connectivity index (χ4n) is 5.52. The molecule has 4 aromatic rings. The van der Waals surface area contributed by atoms with Crippen molar-refractivity contribution >= 4 is 34.8 Å². The summed E-state index contributed by atoms with van der Waals surface area (Å²) in [6.07, 6.45) is 0. The second kappa shape index (κ2) is 7.87. The molecule has 0 fully saturated rings. The van der Waals surface area contributed by atoms with Crippen molar-refractivity contribution in [1.82, 2.24) is 9.78 Å². The predicted octanol–water partition coefficient (Wildman–Crippen LogP) is 7.35. The molecule has 0 spiro atoms. The Kier molecular flexibility index (Phi) is 4.99. The largest absolute Gasteiger partial charge is 0.494 e. The van der Waals surface area contributed by atoms with Gasteiger partial charge in [0.25, 0.3) is 5.91 Å². The zero-order valence-corrected chi connectivity index (χ0v) is 21.3. The number of fused-ring (bicyclic) bond motifs is 8. The molecule has 1 atom stereocenters. The molecule has 176 valence electrons. The van der Waals surface area contributed by atoms with Crippen LogP contribution in [0.2, 0.25) is 10.0 Å². The molecule has 1 aromatic heterocycles. The van der Waals surface area contributed by atoms with E-state index in [2.05, 4.69) is 13.8 Å². The van der Waals surface area contributed by atoms with Gasteiger partial charge in [0.2, 0.25) is 0 Å². The standard InChI is InChI=1S/C28H23Cl2N3O2/c1-14(2)25-23-24(31-33(25)20-7-5-6-8-21(20)35-4)28(34)32-26-15(3)9-12-19(30)22(26)18-13-16(29)10-11-17(18)27(23)32/h5-14,27H,1-4H3/t27-/m1/s1. The summed E-state index contributed by atoms with van der Waals surface area (Å²) in [5.74, 6) is 0.665. The van der Waals surface area contributed by atoms with E-state index in [1.165, 1.54) is 0 Å². The van der Waals surface area contributed by atoms with E-state index in [9.17, 15) is 4.79 Å². The van der Waals surface area contributed by atoms with E-state index in [1.807, 2.05) is 71.1 Å². The summed E-state index contributed by atoms with van der Waals surface area (Å²) in [6.45, 7) is 6.25. The summed E-state index contributed by atoms with van der Waals surface area (Å²) >= 11 is 13.2. The average molecular weight is 504 g/mol. The summed E-state index contributed by atoms with van der Waals surface area (Å²) in [4.78, 5) is 15.9. The number of ether oxygens (including phenoxy) is 1. The number of anilines is 1. The van der Waals surface area contributed by atoms with Crippen molar-refractivity contribution < 1.29 is 9.53 Å². The number of para-hydroxylation sites is 2. The lowest BCUT2D eigenvalue weighted by molar-refractivity contribution is 0.0988. The van der Waals surface area contributed by atoms with Gasteiger partial charge in [0.1, 0.15) is 11.4 Å². The molecule has 3 aromatic carbocycles. The fourth-order valence-corrected chi connectivity index (χ4v) is 5.95. The number of rotatable bonds is 3. The first-order valence-electron chi connectivity index (χ1n) is 11.5. The van der Waals surface area contributed by atoms with Crippen LogP contribution < -0.4 is 9.64 Å². The zero-order valence-electron chi connectivity index (χ0n) is 19.8. The minimum Gasteiger partial charge on any atom is -0.494 e. The predicted molar refractivity (Wildman–Crippen MR) is 139 cm³/mol. The van der Waals surface area contributed by atoms with Gasteiger partial charge in [0, 0.05) is 16.1 Å². The first-order chi connectivity index (χ1) is 16.8. The number of aryl methyl sites for hydroxylation is 1. The quantitative estimate of drug-likeness (QED) is 0.293. The number of amides is 1. The van der Waals surface area contributed by atoms with Crippen LogP contribution >= 0.6 is 23.2 Å². The first-order valence-corrected chi connectivity index (χ1v) is 12.3. The molecule has 1 amide bonds. The van der Waals surface area contributed by atoms with Gasteiger partial charge in [-0.05, 0) is 59.9 Å². The van der Waals surface area contributed by atoms with Gasteiger partial charge in [-0.1, -0.05) is 61.3 Å². The van der Waals surface area contributed by atoms with Gasteiger partial charge >= 0.3 is 0 Å². The van der Waals surface area contributed by atoms with Crippen LogP contribution in [0, 0.1) is 6.92 Å². The summed E-state index contributed by atoms with van der Waals surface area (Å²) in [7, 11) is 1.64. The maximum atomic E-state index is 14.1. The highest BCUT2D eigenvalue weighted by molar-refractivity contribution is 6.35. The number of halogens is 2. The maximum absolute atomic E-state index is 14.1. The number of hydrogen-bond donors (Lipinski definition) is 0. The molecule has 0 aliphatic carbocycles. The number of nitrogens with zero attached hydrogens (tertiary/aromatic N) is 3. The molecule has 0 radical (unpaired) electrons. The minimum absolute atomic E-state index is 0.0986. The van der Waals surface area contributed by atoms with E-state index >= 15 is 0 Å². The number of carbonyl (C=O) groups excluding carboxylic acids is 1. The van der Waals surface area contributed by atoms with Crippen molar-refractivity contribution in [3.8, 4) is 22.6 Å². The van der Waals surface area contributed by atoms with Gasteiger partial charge < -0.3 is 4.74 Å². The van der Waals surface area contributed by atoms with Crippen molar-refractivity contribution in [1.29, 1.82) is 0 Å². The van der Waals surface area contributed by atoms with Gasteiger partial charge in [0.15, 0.2) is 5.69 Å². The monoisotopic (exact) mass is 503 g/mol. The van der Waals surface area contributed by atoms with E-state index in [1.54, 1.807) is 7.11 Å². The van der Waals surface area contributed by atoms with Crippen molar-refractivity contribution in [2.45, 2.75) is 32.7 Å². The number of carbonyl (C=O) groups is 1. The molecular formula is C28H23Cl2N3O2. The Bertz CT molecular complexity index is 1540. The molecule has 6 rings (SSSR count). The Hall–Kier alpha value is -3.28. The lowest BCUT2D eigenvalue weighted by Crippen LogP contribution is -2.34. The summed E-state index contributed by atoms with van der Waals surface area (Å²) in [5, 5.41) is 6.11. The Morgan fingerprint density at radius 1 is 1.06 bits per heavy atom. The highest BCUT2D eigenvalue weighted by atomic mass is 35.5. The maximum Gasteiger partial charge on any atom is 0.280 e. The van der Waals surface area contributed by atoms with Crippen molar-refractivity contribution in [2.24, 2.45) is 0 Å². The molecule has 2 aliphatic heterocycles. The van der Waals surface area contributed by atoms with Crippen molar-refractivity contribution in [3.05, 3.63) is 92.7 Å². The molecular weight excluding hydrogens is 481 g/mol. The molecule has 0 saturated heterocycles. The van der Waals surface area contributed by atoms with Crippen LogP contribution in [0.4, 0.5) is 5.69 Å². The Labute approximate surface area is 213 Å². The van der Waals surface area contributed by atoms with E-state index in [0.717, 1.165) is 44.9 Å². The van der Waals surface area contributed by atoms with Crippen LogP contribution in [0.1, 0.15) is 58.7 Å². The van der Waals surface area contributed by atoms with E-state index < -0.39 is 0 Å². The minimum atomic E-state index is -0.324. The Morgan fingerprint density at radius 3 is 2.57 bits per heavy atom. The van der Waals surface area contributed by atoms with E-state index in [-0.39, 0.29) is 17.9 Å². The van der Waals surface area contributed by atoms with Crippen LogP contribution in [-0.2, 0) is 0 Å². The molecule has 7 heteroatoms. The SMILES string of the molecule is COc1ccccc1-n1nc2c(c1C(C)C)[C@H]1c3ccc(Cl)cc3-c3c(Cl)ccc(C)c3N1C2=O. The molecule has 5 nitrogen and oxygen atoms in total. The second-order valence-electron chi connectivity index (χ2n) is 9.28. The number of methoxy groups -OCH3 is 1. The van der Waals surface area contributed by atoms with Crippen LogP contribution in [-0.4, -0.2) is 22.8 Å². The molecule has 0 N–H and O–H groups in total. The highest BCUT2D eigenvalue weighted by Gasteiger charge is 2.49.